The molecule has 1 aliphatic heterocycles. The lowest BCUT2D eigenvalue weighted by Gasteiger charge is -2.12. The predicted molar refractivity (Wildman–Crippen MR) is 92.1 cm³/mol. The SMILES string of the molecule is NCc1ccc(NC(=O)c2cc(C3=CCNCC3)cs2)cc1. The van der Waals surface area contributed by atoms with Crippen LogP contribution in [0.5, 0.6) is 0 Å². The van der Waals surface area contributed by atoms with E-state index in [0.717, 1.165) is 41.2 Å². The third-order valence-electron chi connectivity index (χ3n) is 3.71. The van der Waals surface area contributed by atoms with E-state index in [4.69, 9.17) is 5.73 Å². The minimum Gasteiger partial charge on any atom is -0.326 e. The van der Waals surface area contributed by atoms with Gasteiger partial charge in [0, 0.05) is 18.8 Å². The molecule has 1 amide bonds. The van der Waals surface area contributed by atoms with Gasteiger partial charge in [-0.15, -0.1) is 11.3 Å². The minimum atomic E-state index is -0.0636. The number of benzene rings is 1. The Kier molecular flexibility index (Phi) is 4.68. The van der Waals surface area contributed by atoms with E-state index < -0.39 is 0 Å². The van der Waals surface area contributed by atoms with Gasteiger partial charge in [-0.05, 0) is 53.2 Å². The normalized spacial score (nSPS) is 14.5. The third kappa shape index (κ3) is 3.44. The molecule has 0 spiro atoms. The van der Waals surface area contributed by atoms with Crippen molar-refractivity contribution in [3.05, 3.63) is 57.8 Å². The largest absolute Gasteiger partial charge is 0.326 e. The quantitative estimate of drug-likeness (QED) is 0.813. The number of thiophene rings is 1. The van der Waals surface area contributed by atoms with Crippen LogP contribution in [0.2, 0.25) is 0 Å². The molecule has 0 fully saturated rings. The van der Waals surface area contributed by atoms with Crippen LogP contribution in [-0.4, -0.2) is 19.0 Å². The molecule has 0 radical (unpaired) electrons. The second-order valence-electron chi connectivity index (χ2n) is 5.24. The minimum absolute atomic E-state index is 0.0636. The van der Waals surface area contributed by atoms with Gasteiger partial charge in [0.25, 0.3) is 5.91 Å². The Balaban J connectivity index is 1.69. The van der Waals surface area contributed by atoms with Crippen molar-refractivity contribution in [3.63, 3.8) is 0 Å². The first kappa shape index (κ1) is 15.0. The summed E-state index contributed by atoms with van der Waals surface area (Å²) in [7, 11) is 0. The summed E-state index contributed by atoms with van der Waals surface area (Å²) in [6, 6.07) is 9.59. The van der Waals surface area contributed by atoms with Gasteiger partial charge in [0.15, 0.2) is 0 Å². The first-order chi connectivity index (χ1) is 10.8. The smallest absolute Gasteiger partial charge is 0.265 e. The van der Waals surface area contributed by atoms with Gasteiger partial charge in [0.2, 0.25) is 0 Å². The van der Waals surface area contributed by atoms with Crippen molar-refractivity contribution < 1.29 is 4.79 Å². The fraction of sp³-hybridized carbons (Fsp3) is 0.235. The predicted octanol–water partition coefficient (Wildman–Crippen LogP) is 2.84. The summed E-state index contributed by atoms with van der Waals surface area (Å²) in [4.78, 5) is 13.0. The van der Waals surface area contributed by atoms with Crippen LogP contribution >= 0.6 is 11.3 Å². The first-order valence-corrected chi connectivity index (χ1v) is 8.23. The summed E-state index contributed by atoms with van der Waals surface area (Å²) in [5.74, 6) is -0.0636. The zero-order chi connectivity index (χ0) is 15.4. The number of carbonyl (C=O) groups is 1. The van der Waals surface area contributed by atoms with Crippen molar-refractivity contribution in [2.24, 2.45) is 5.73 Å². The molecule has 4 N–H and O–H groups in total. The molecule has 0 atom stereocenters. The summed E-state index contributed by atoms with van der Waals surface area (Å²) in [6.45, 7) is 2.41. The van der Waals surface area contributed by atoms with Gasteiger partial charge in [0.1, 0.15) is 0 Å². The highest BCUT2D eigenvalue weighted by Crippen LogP contribution is 2.26. The Bertz CT molecular complexity index is 688. The highest BCUT2D eigenvalue weighted by atomic mass is 32.1. The fourth-order valence-corrected chi connectivity index (χ4v) is 3.25. The van der Waals surface area contributed by atoms with Crippen LogP contribution < -0.4 is 16.4 Å². The van der Waals surface area contributed by atoms with E-state index in [2.05, 4.69) is 22.1 Å². The van der Waals surface area contributed by atoms with E-state index in [9.17, 15) is 4.79 Å². The Hall–Kier alpha value is -1.95. The molecule has 5 heteroatoms. The molecule has 4 nitrogen and oxygen atoms in total. The van der Waals surface area contributed by atoms with Gasteiger partial charge < -0.3 is 16.4 Å². The molecule has 1 aromatic carbocycles. The van der Waals surface area contributed by atoms with E-state index in [-0.39, 0.29) is 5.91 Å². The van der Waals surface area contributed by atoms with Crippen LogP contribution in [0.4, 0.5) is 5.69 Å². The van der Waals surface area contributed by atoms with E-state index in [1.54, 1.807) is 0 Å². The monoisotopic (exact) mass is 313 g/mol. The van der Waals surface area contributed by atoms with E-state index >= 15 is 0 Å². The van der Waals surface area contributed by atoms with E-state index in [1.807, 2.05) is 30.3 Å². The number of carbonyl (C=O) groups excluding carboxylic acids is 1. The van der Waals surface area contributed by atoms with Crippen molar-refractivity contribution in [2.45, 2.75) is 13.0 Å². The van der Waals surface area contributed by atoms with Crippen molar-refractivity contribution in [3.8, 4) is 0 Å². The lowest BCUT2D eigenvalue weighted by Crippen LogP contribution is -2.19. The number of amides is 1. The van der Waals surface area contributed by atoms with Crippen molar-refractivity contribution >= 4 is 28.5 Å². The number of anilines is 1. The molecule has 2 heterocycles. The van der Waals surface area contributed by atoms with Gasteiger partial charge in [-0.25, -0.2) is 0 Å². The molecule has 1 aliphatic rings. The van der Waals surface area contributed by atoms with Gasteiger partial charge in [-0.3, -0.25) is 4.79 Å². The first-order valence-electron chi connectivity index (χ1n) is 7.35. The zero-order valence-electron chi connectivity index (χ0n) is 12.3. The highest BCUT2D eigenvalue weighted by molar-refractivity contribution is 7.12. The molecule has 0 bridgehead atoms. The highest BCUT2D eigenvalue weighted by Gasteiger charge is 2.13. The Morgan fingerprint density at radius 2 is 2.14 bits per heavy atom. The number of rotatable bonds is 4. The van der Waals surface area contributed by atoms with Gasteiger partial charge in [-0.2, -0.15) is 0 Å². The molecule has 114 valence electrons. The average molecular weight is 313 g/mol. The van der Waals surface area contributed by atoms with Gasteiger partial charge >= 0.3 is 0 Å². The number of nitrogens with two attached hydrogens (primary N) is 1. The maximum Gasteiger partial charge on any atom is 0.265 e. The molecule has 22 heavy (non-hydrogen) atoms. The Morgan fingerprint density at radius 3 is 2.82 bits per heavy atom. The lowest BCUT2D eigenvalue weighted by atomic mass is 10.0. The summed E-state index contributed by atoms with van der Waals surface area (Å²) < 4.78 is 0. The molecular formula is C17H19N3OS. The third-order valence-corrected chi connectivity index (χ3v) is 4.63. The maximum atomic E-state index is 12.3. The maximum absolute atomic E-state index is 12.3. The van der Waals surface area contributed by atoms with Gasteiger partial charge in [0.05, 0.1) is 4.88 Å². The van der Waals surface area contributed by atoms with Crippen LogP contribution in [-0.2, 0) is 6.54 Å². The molecule has 0 saturated heterocycles. The van der Waals surface area contributed by atoms with Crippen molar-refractivity contribution in [1.29, 1.82) is 0 Å². The van der Waals surface area contributed by atoms with Crippen LogP contribution in [0.25, 0.3) is 5.57 Å². The number of hydrogen-bond donors (Lipinski definition) is 3. The molecule has 2 aromatic rings. The standard InChI is InChI=1S/C17H19N3OS/c18-10-12-1-3-15(4-2-12)20-17(21)16-9-14(11-22-16)13-5-7-19-8-6-13/h1-5,9,11,19H,6-8,10,18H2,(H,20,21). The second kappa shape index (κ2) is 6.87. The molecule has 3 rings (SSSR count). The molecule has 1 aromatic heterocycles. The van der Waals surface area contributed by atoms with E-state index in [1.165, 1.54) is 16.9 Å². The molecular weight excluding hydrogens is 294 g/mol. The van der Waals surface area contributed by atoms with Gasteiger partial charge in [-0.1, -0.05) is 18.2 Å². The lowest BCUT2D eigenvalue weighted by molar-refractivity contribution is 0.103. The van der Waals surface area contributed by atoms with Crippen LogP contribution in [0, 0.1) is 0 Å². The van der Waals surface area contributed by atoms with Crippen molar-refractivity contribution in [2.75, 3.05) is 18.4 Å². The topological polar surface area (TPSA) is 67.1 Å². The average Bonchev–Trinajstić information content (AvgIpc) is 3.06. The van der Waals surface area contributed by atoms with Crippen LogP contribution in [0.3, 0.4) is 0 Å². The summed E-state index contributed by atoms with van der Waals surface area (Å²) in [5.41, 5.74) is 9.89. The van der Waals surface area contributed by atoms with E-state index in [0.29, 0.717) is 6.54 Å². The molecule has 0 unspecified atom stereocenters. The Labute approximate surface area is 134 Å². The fourth-order valence-electron chi connectivity index (χ4n) is 2.43. The second-order valence-corrected chi connectivity index (χ2v) is 6.15. The summed E-state index contributed by atoms with van der Waals surface area (Å²) in [6.07, 6.45) is 3.21. The van der Waals surface area contributed by atoms with Crippen LogP contribution in [0.1, 0.15) is 27.2 Å². The van der Waals surface area contributed by atoms with Crippen LogP contribution in [0.15, 0.2) is 41.8 Å². The summed E-state index contributed by atoms with van der Waals surface area (Å²) >= 11 is 1.48. The number of hydrogen-bond acceptors (Lipinski definition) is 4. The number of nitrogens with one attached hydrogen (secondary N) is 2. The molecule has 0 aliphatic carbocycles. The zero-order valence-corrected chi connectivity index (χ0v) is 13.1. The Morgan fingerprint density at radius 1 is 1.32 bits per heavy atom. The molecule has 0 saturated carbocycles. The summed E-state index contributed by atoms with van der Waals surface area (Å²) in [5, 5.41) is 8.28. The van der Waals surface area contributed by atoms with Crippen molar-refractivity contribution in [1.82, 2.24) is 5.32 Å².